The van der Waals surface area contributed by atoms with Crippen LogP contribution in [0.15, 0.2) is 18.2 Å². The number of rotatable bonds is 2. The van der Waals surface area contributed by atoms with E-state index in [9.17, 15) is 4.39 Å². The maximum Gasteiger partial charge on any atom is 0.123 e. The minimum absolute atomic E-state index is 0.0777. The van der Waals surface area contributed by atoms with Crippen LogP contribution in [0.25, 0.3) is 0 Å². The molecule has 21 heavy (non-hydrogen) atoms. The number of hydrogen-bond acceptors (Lipinski definition) is 1. The van der Waals surface area contributed by atoms with Crippen LogP contribution in [0.4, 0.5) is 4.39 Å². The zero-order valence-corrected chi connectivity index (χ0v) is 13.0. The molecular formula is C19H26FN. The molecule has 114 valence electrons. The van der Waals surface area contributed by atoms with Gasteiger partial charge in [0.25, 0.3) is 0 Å². The van der Waals surface area contributed by atoms with E-state index in [4.69, 9.17) is 0 Å². The molecule has 0 radical (unpaired) electrons. The summed E-state index contributed by atoms with van der Waals surface area (Å²) in [5, 5.41) is 0. The number of benzene rings is 1. The number of likely N-dealkylation sites (tertiary alicyclic amines) is 1. The molecule has 0 aromatic heterocycles. The Bertz CT molecular complexity index is 518. The summed E-state index contributed by atoms with van der Waals surface area (Å²) >= 11 is 0. The first-order valence-electron chi connectivity index (χ1n) is 8.71. The van der Waals surface area contributed by atoms with E-state index in [0.717, 1.165) is 17.9 Å². The van der Waals surface area contributed by atoms with Crippen LogP contribution < -0.4 is 0 Å². The fourth-order valence-corrected chi connectivity index (χ4v) is 5.25. The van der Waals surface area contributed by atoms with Gasteiger partial charge in [-0.25, -0.2) is 4.39 Å². The van der Waals surface area contributed by atoms with E-state index < -0.39 is 0 Å². The highest BCUT2D eigenvalue weighted by Crippen LogP contribution is 2.47. The topological polar surface area (TPSA) is 3.24 Å². The van der Waals surface area contributed by atoms with E-state index in [1.165, 1.54) is 62.7 Å². The predicted molar refractivity (Wildman–Crippen MR) is 83.9 cm³/mol. The average Bonchev–Trinajstić information content (AvgIpc) is 3.13. The van der Waals surface area contributed by atoms with Crippen molar-refractivity contribution in [2.45, 2.75) is 57.4 Å². The molecule has 2 heteroatoms. The maximum atomic E-state index is 13.5. The lowest BCUT2D eigenvalue weighted by molar-refractivity contribution is 0.110. The van der Waals surface area contributed by atoms with Crippen molar-refractivity contribution in [1.82, 2.24) is 4.90 Å². The molecule has 4 rings (SSSR count). The van der Waals surface area contributed by atoms with E-state index in [1.807, 2.05) is 6.07 Å². The van der Waals surface area contributed by atoms with E-state index in [-0.39, 0.29) is 5.82 Å². The lowest BCUT2D eigenvalue weighted by Crippen LogP contribution is -2.43. The van der Waals surface area contributed by atoms with Gasteiger partial charge in [0, 0.05) is 6.04 Å². The second-order valence-corrected chi connectivity index (χ2v) is 7.55. The number of piperidine rings is 1. The smallest absolute Gasteiger partial charge is 0.123 e. The van der Waals surface area contributed by atoms with Crippen molar-refractivity contribution >= 4 is 0 Å². The second-order valence-electron chi connectivity index (χ2n) is 7.55. The Morgan fingerprint density at radius 3 is 2.52 bits per heavy atom. The Balaban J connectivity index is 1.41. The molecule has 1 nitrogen and oxygen atoms in total. The third-order valence-electron chi connectivity index (χ3n) is 6.38. The average molecular weight is 287 g/mol. The fraction of sp³-hybridized carbons (Fsp3) is 0.684. The molecule has 1 aromatic carbocycles. The van der Waals surface area contributed by atoms with Crippen molar-refractivity contribution in [2.75, 3.05) is 13.1 Å². The number of fused-ring (bicyclic) bond motifs is 2. The first kappa shape index (κ1) is 13.8. The number of halogens is 1. The Hall–Kier alpha value is -0.890. The second kappa shape index (κ2) is 5.39. The fourth-order valence-electron chi connectivity index (χ4n) is 5.25. The highest BCUT2D eigenvalue weighted by molar-refractivity contribution is 5.30. The number of nitrogens with zero attached hydrogens (tertiary/aromatic N) is 1. The molecule has 3 aliphatic rings. The summed E-state index contributed by atoms with van der Waals surface area (Å²) in [6, 6.07) is 6.17. The Kier molecular flexibility index (Phi) is 3.53. The zero-order chi connectivity index (χ0) is 14.4. The molecule has 3 fully saturated rings. The van der Waals surface area contributed by atoms with Crippen LogP contribution in [0.2, 0.25) is 0 Å². The van der Waals surface area contributed by atoms with Gasteiger partial charge in [-0.05, 0) is 93.1 Å². The minimum Gasteiger partial charge on any atom is -0.300 e. The summed E-state index contributed by atoms with van der Waals surface area (Å²) in [6.45, 7) is 4.56. The highest BCUT2D eigenvalue weighted by atomic mass is 19.1. The largest absolute Gasteiger partial charge is 0.300 e. The molecule has 2 bridgehead atoms. The lowest BCUT2D eigenvalue weighted by atomic mass is 9.85. The highest BCUT2D eigenvalue weighted by Gasteiger charge is 2.42. The molecule has 1 saturated heterocycles. The van der Waals surface area contributed by atoms with Crippen LogP contribution >= 0.6 is 0 Å². The predicted octanol–water partition coefficient (Wildman–Crippen LogP) is 4.50. The first-order valence-corrected chi connectivity index (χ1v) is 8.71. The molecule has 1 heterocycles. The van der Waals surface area contributed by atoms with Gasteiger partial charge in [0.2, 0.25) is 0 Å². The van der Waals surface area contributed by atoms with Gasteiger partial charge in [0.15, 0.2) is 0 Å². The number of hydrogen-bond donors (Lipinski definition) is 0. The quantitative estimate of drug-likeness (QED) is 0.774. The normalized spacial score (nSPS) is 33.7. The number of aryl methyl sites for hydroxylation is 1. The molecule has 2 aliphatic carbocycles. The molecule has 3 atom stereocenters. The van der Waals surface area contributed by atoms with Crippen molar-refractivity contribution < 1.29 is 4.39 Å². The molecule has 0 spiro atoms. The molecule has 1 aliphatic heterocycles. The summed E-state index contributed by atoms with van der Waals surface area (Å²) in [5.41, 5.74) is 2.51. The van der Waals surface area contributed by atoms with Gasteiger partial charge in [-0.3, -0.25) is 0 Å². The van der Waals surface area contributed by atoms with Gasteiger partial charge in [-0.2, -0.15) is 0 Å². The van der Waals surface area contributed by atoms with E-state index in [2.05, 4.69) is 11.8 Å². The van der Waals surface area contributed by atoms with Crippen molar-refractivity contribution in [3.05, 3.63) is 35.1 Å². The van der Waals surface area contributed by atoms with Gasteiger partial charge in [-0.1, -0.05) is 12.5 Å². The van der Waals surface area contributed by atoms with Gasteiger partial charge in [0.1, 0.15) is 5.82 Å². The standard InChI is InChI=1S/C19H26FN/c1-13-2-5-17(20)12-18(13)15-6-8-21(9-7-15)19-11-14-3-4-16(19)10-14/h2,5,12,14-16,19H,3-4,6-11H2,1H3/t14-,16?,19-/m0/s1. The van der Waals surface area contributed by atoms with Gasteiger partial charge >= 0.3 is 0 Å². The van der Waals surface area contributed by atoms with Crippen LogP contribution in [0.3, 0.4) is 0 Å². The van der Waals surface area contributed by atoms with Gasteiger partial charge in [-0.15, -0.1) is 0 Å². The lowest BCUT2D eigenvalue weighted by Gasteiger charge is -2.40. The third-order valence-corrected chi connectivity index (χ3v) is 6.38. The van der Waals surface area contributed by atoms with Crippen LogP contribution in [0, 0.1) is 24.6 Å². The summed E-state index contributed by atoms with van der Waals surface area (Å²) in [4.78, 5) is 2.76. The van der Waals surface area contributed by atoms with Crippen LogP contribution in [-0.4, -0.2) is 24.0 Å². The van der Waals surface area contributed by atoms with Crippen molar-refractivity contribution in [1.29, 1.82) is 0 Å². The summed E-state index contributed by atoms with van der Waals surface area (Å²) < 4.78 is 13.5. The van der Waals surface area contributed by atoms with Crippen molar-refractivity contribution in [3.63, 3.8) is 0 Å². The Labute approximate surface area is 127 Å². The molecule has 0 N–H and O–H groups in total. The molecule has 0 amide bonds. The summed E-state index contributed by atoms with van der Waals surface area (Å²) in [6.07, 6.45) is 8.32. The van der Waals surface area contributed by atoms with Crippen molar-refractivity contribution in [2.24, 2.45) is 11.8 Å². The Morgan fingerprint density at radius 2 is 1.86 bits per heavy atom. The zero-order valence-electron chi connectivity index (χ0n) is 13.0. The van der Waals surface area contributed by atoms with E-state index in [0.29, 0.717) is 5.92 Å². The van der Waals surface area contributed by atoms with E-state index >= 15 is 0 Å². The van der Waals surface area contributed by atoms with Crippen LogP contribution in [0.5, 0.6) is 0 Å². The molecule has 1 unspecified atom stereocenters. The summed E-state index contributed by atoms with van der Waals surface area (Å²) in [7, 11) is 0. The van der Waals surface area contributed by atoms with Crippen LogP contribution in [-0.2, 0) is 0 Å². The van der Waals surface area contributed by atoms with Crippen LogP contribution in [0.1, 0.15) is 55.6 Å². The monoisotopic (exact) mass is 287 g/mol. The minimum atomic E-state index is -0.0777. The van der Waals surface area contributed by atoms with Gasteiger partial charge < -0.3 is 4.90 Å². The molecule has 2 saturated carbocycles. The first-order chi connectivity index (χ1) is 10.2. The summed E-state index contributed by atoms with van der Waals surface area (Å²) in [5.74, 6) is 2.51. The Morgan fingerprint density at radius 1 is 1.05 bits per heavy atom. The third kappa shape index (κ3) is 2.52. The van der Waals surface area contributed by atoms with Gasteiger partial charge in [0.05, 0.1) is 0 Å². The SMILES string of the molecule is Cc1ccc(F)cc1C1CCN([C@H]2C[C@H]3CCC2C3)CC1. The molecule has 1 aromatic rings. The van der Waals surface area contributed by atoms with Crippen molar-refractivity contribution in [3.8, 4) is 0 Å². The maximum absolute atomic E-state index is 13.5. The molecular weight excluding hydrogens is 261 g/mol. The van der Waals surface area contributed by atoms with E-state index in [1.54, 1.807) is 12.1 Å².